The lowest BCUT2D eigenvalue weighted by atomic mass is 10.3. The molecule has 0 aliphatic carbocycles. The first kappa shape index (κ1) is 19.8. The molecule has 0 saturated heterocycles. The molecule has 0 aliphatic rings. The molecule has 1 N–H and O–H groups in total. The molecule has 148 valence electrons. The summed E-state index contributed by atoms with van der Waals surface area (Å²) in [4.78, 5) is 20.2. The van der Waals surface area contributed by atoms with Crippen molar-refractivity contribution in [2.75, 3.05) is 4.72 Å². The third-order valence-electron chi connectivity index (χ3n) is 3.73. The van der Waals surface area contributed by atoms with Crippen molar-refractivity contribution in [2.45, 2.75) is 4.90 Å². The topological polar surface area (TPSA) is 142 Å². The van der Waals surface area contributed by atoms with Crippen LogP contribution in [0.4, 0.5) is 17.1 Å². The lowest BCUT2D eigenvalue weighted by Crippen LogP contribution is -2.12. The zero-order chi connectivity index (χ0) is 21.0. The summed E-state index contributed by atoms with van der Waals surface area (Å²) in [5.74, 6) is 0.675. The van der Waals surface area contributed by atoms with Crippen molar-refractivity contribution >= 4 is 27.1 Å². The molecule has 10 nitrogen and oxygen atoms in total. The van der Waals surface area contributed by atoms with Crippen LogP contribution in [0.3, 0.4) is 0 Å². The molecule has 0 spiro atoms. The zero-order valence-corrected chi connectivity index (χ0v) is 15.4. The normalized spacial score (nSPS) is 10.9. The molecule has 3 aromatic carbocycles. The van der Waals surface area contributed by atoms with E-state index < -0.39 is 19.9 Å². The Labute approximate surface area is 164 Å². The Morgan fingerprint density at radius 1 is 0.759 bits per heavy atom. The number of nitrogens with one attached hydrogen (secondary N) is 1. The van der Waals surface area contributed by atoms with E-state index in [9.17, 15) is 28.6 Å². The summed E-state index contributed by atoms with van der Waals surface area (Å²) in [5.41, 5.74) is -0.256. The molecule has 0 aromatic heterocycles. The molecule has 0 saturated carbocycles. The van der Waals surface area contributed by atoms with E-state index in [2.05, 4.69) is 4.72 Å². The molecule has 0 fully saturated rings. The van der Waals surface area contributed by atoms with Gasteiger partial charge in [0.15, 0.2) is 0 Å². The predicted octanol–water partition coefficient (Wildman–Crippen LogP) is 4.10. The van der Waals surface area contributed by atoms with E-state index in [4.69, 9.17) is 4.74 Å². The lowest BCUT2D eigenvalue weighted by Gasteiger charge is -2.09. The Morgan fingerprint density at radius 2 is 1.31 bits per heavy atom. The third-order valence-corrected chi connectivity index (χ3v) is 5.12. The van der Waals surface area contributed by atoms with Gasteiger partial charge in [0.25, 0.3) is 21.4 Å². The largest absolute Gasteiger partial charge is 0.457 e. The Hall–Kier alpha value is -3.99. The fourth-order valence-electron chi connectivity index (χ4n) is 2.36. The highest BCUT2D eigenvalue weighted by atomic mass is 32.2. The van der Waals surface area contributed by atoms with Gasteiger partial charge < -0.3 is 4.74 Å². The van der Waals surface area contributed by atoms with Crippen molar-refractivity contribution in [1.29, 1.82) is 0 Å². The van der Waals surface area contributed by atoms with Crippen LogP contribution in [0.25, 0.3) is 0 Å². The number of nitrogens with zero attached hydrogens (tertiary/aromatic N) is 2. The SMILES string of the molecule is O=[N+]([O-])c1ccc(Oc2ccc(S(=O)(=O)Nc3cccc([N+](=O)[O-])c3)cc2)cc1. The Morgan fingerprint density at radius 3 is 1.86 bits per heavy atom. The summed E-state index contributed by atoms with van der Waals surface area (Å²) in [5, 5.41) is 21.5. The van der Waals surface area contributed by atoms with Crippen LogP contribution in [-0.4, -0.2) is 18.3 Å². The van der Waals surface area contributed by atoms with E-state index in [0.717, 1.165) is 6.07 Å². The van der Waals surface area contributed by atoms with Crippen molar-refractivity contribution in [3.63, 3.8) is 0 Å². The highest BCUT2D eigenvalue weighted by Crippen LogP contribution is 2.26. The molecule has 29 heavy (non-hydrogen) atoms. The molecule has 0 heterocycles. The van der Waals surface area contributed by atoms with E-state index in [0.29, 0.717) is 11.5 Å². The molecule has 0 radical (unpaired) electrons. The van der Waals surface area contributed by atoms with Gasteiger partial charge in [-0.15, -0.1) is 0 Å². The van der Waals surface area contributed by atoms with Crippen LogP contribution >= 0.6 is 0 Å². The number of hydrogen-bond donors (Lipinski definition) is 1. The Balaban J connectivity index is 1.74. The van der Waals surface area contributed by atoms with E-state index in [1.54, 1.807) is 0 Å². The summed E-state index contributed by atoms with van der Waals surface area (Å²) in [6.07, 6.45) is 0. The van der Waals surface area contributed by atoms with Gasteiger partial charge in [0, 0.05) is 24.3 Å². The summed E-state index contributed by atoms with van der Waals surface area (Å²) in [6, 6.07) is 16.0. The highest BCUT2D eigenvalue weighted by molar-refractivity contribution is 7.92. The molecule has 3 rings (SSSR count). The van der Waals surface area contributed by atoms with E-state index in [-0.39, 0.29) is 22.0 Å². The molecule has 0 bridgehead atoms. The van der Waals surface area contributed by atoms with Gasteiger partial charge in [-0.2, -0.15) is 0 Å². The third kappa shape index (κ3) is 4.84. The number of nitro groups is 2. The van der Waals surface area contributed by atoms with Gasteiger partial charge >= 0.3 is 0 Å². The number of nitro benzene ring substituents is 2. The number of anilines is 1. The molecule has 3 aromatic rings. The second-order valence-corrected chi connectivity index (χ2v) is 7.42. The number of benzene rings is 3. The van der Waals surface area contributed by atoms with Crippen molar-refractivity contribution < 1.29 is 23.0 Å². The van der Waals surface area contributed by atoms with Crippen LogP contribution < -0.4 is 9.46 Å². The first-order valence-electron chi connectivity index (χ1n) is 8.04. The molecule has 0 amide bonds. The molecule has 0 atom stereocenters. The molecular formula is C18H13N3O7S. The maximum Gasteiger partial charge on any atom is 0.271 e. The maximum atomic E-state index is 12.5. The fourth-order valence-corrected chi connectivity index (χ4v) is 3.41. The number of non-ortho nitro benzene ring substituents is 2. The van der Waals surface area contributed by atoms with Gasteiger partial charge in [0.05, 0.1) is 20.4 Å². The van der Waals surface area contributed by atoms with Crippen LogP contribution in [0.2, 0.25) is 0 Å². The van der Waals surface area contributed by atoms with Gasteiger partial charge in [-0.3, -0.25) is 25.0 Å². The highest BCUT2D eigenvalue weighted by Gasteiger charge is 2.16. The summed E-state index contributed by atoms with van der Waals surface area (Å²) in [7, 11) is -3.96. The maximum absolute atomic E-state index is 12.5. The molecular weight excluding hydrogens is 402 g/mol. The Kier molecular flexibility index (Phi) is 5.41. The average Bonchev–Trinajstić information content (AvgIpc) is 2.68. The number of hydrogen-bond acceptors (Lipinski definition) is 7. The number of ether oxygens (including phenoxy) is 1. The molecule has 11 heteroatoms. The van der Waals surface area contributed by atoms with E-state index in [1.165, 1.54) is 66.7 Å². The Bertz CT molecular complexity index is 1160. The van der Waals surface area contributed by atoms with Crippen molar-refractivity contribution in [2.24, 2.45) is 0 Å². The van der Waals surface area contributed by atoms with Crippen LogP contribution in [0, 0.1) is 20.2 Å². The number of sulfonamides is 1. The van der Waals surface area contributed by atoms with Gasteiger partial charge in [0.2, 0.25) is 0 Å². The smallest absolute Gasteiger partial charge is 0.271 e. The van der Waals surface area contributed by atoms with E-state index in [1.807, 2.05) is 0 Å². The van der Waals surface area contributed by atoms with Crippen molar-refractivity contribution in [3.05, 3.63) is 93.0 Å². The van der Waals surface area contributed by atoms with Crippen LogP contribution in [0.15, 0.2) is 77.7 Å². The standard InChI is InChI=1S/C18H13N3O7S/c22-20(23)14-4-6-16(7-5-14)28-17-8-10-18(11-9-17)29(26,27)19-13-2-1-3-15(12-13)21(24)25/h1-12,19H. The fraction of sp³-hybridized carbons (Fsp3) is 0. The summed E-state index contributed by atoms with van der Waals surface area (Å²) >= 11 is 0. The summed E-state index contributed by atoms with van der Waals surface area (Å²) < 4.78 is 32.7. The molecule has 0 unspecified atom stereocenters. The monoisotopic (exact) mass is 415 g/mol. The minimum atomic E-state index is -3.96. The minimum Gasteiger partial charge on any atom is -0.457 e. The van der Waals surface area contributed by atoms with Crippen LogP contribution in [-0.2, 0) is 10.0 Å². The molecule has 0 aliphatic heterocycles. The second kappa shape index (κ2) is 7.94. The van der Waals surface area contributed by atoms with E-state index >= 15 is 0 Å². The minimum absolute atomic E-state index is 0.0606. The van der Waals surface area contributed by atoms with Crippen LogP contribution in [0.5, 0.6) is 11.5 Å². The lowest BCUT2D eigenvalue weighted by molar-refractivity contribution is -0.385. The van der Waals surface area contributed by atoms with Crippen molar-refractivity contribution in [1.82, 2.24) is 0 Å². The average molecular weight is 415 g/mol. The van der Waals surface area contributed by atoms with Gasteiger partial charge in [0.1, 0.15) is 11.5 Å². The van der Waals surface area contributed by atoms with Crippen LogP contribution in [0.1, 0.15) is 0 Å². The predicted molar refractivity (Wildman–Crippen MR) is 104 cm³/mol. The van der Waals surface area contributed by atoms with Gasteiger partial charge in [-0.05, 0) is 42.5 Å². The van der Waals surface area contributed by atoms with Gasteiger partial charge in [-0.25, -0.2) is 8.42 Å². The summed E-state index contributed by atoms with van der Waals surface area (Å²) in [6.45, 7) is 0. The first-order chi connectivity index (χ1) is 13.7. The number of rotatable bonds is 7. The van der Waals surface area contributed by atoms with Crippen molar-refractivity contribution in [3.8, 4) is 11.5 Å². The second-order valence-electron chi connectivity index (χ2n) is 5.74. The first-order valence-corrected chi connectivity index (χ1v) is 9.52. The quantitative estimate of drug-likeness (QED) is 0.452. The zero-order valence-electron chi connectivity index (χ0n) is 14.6. The van der Waals surface area contributed by atoms with Gasteiger partial charge in [-0.1, -0.05) is 6.07 Å².